The van der Waals surface area contributed by atoms with Gasteiger partial charge in [-0.05, 0) is 82.0 Å². The highest BCUT2D eigenvalue weighted by atomic mass is 19.3. The number of hydrogen-bond acceptors (Lipinski definition) is 13. The largest absolute Gasteiger partial charge is 0.444 e. The number of halogens is 2. The number of amides is 5. The maximum Gasteiger partial charge on any atom is 0.410 e. The number of imide groups is 1. The Bertz CT molecular complexity index is 2970. The third-order valence-electron chi connectivity index (χ3n) is 11.8. The molecule has 70 heavy (non-hydrogen) atoms. The van der Waals surface area contributed by atoms with Crippen molar-refractivity contribution >= 4 is 57.9 Å². The highest BCUT2D eigenvalue weighted by molar-refractivity contribution is 6.08. The standard InChI is InChI=1S/C47H54F2N12O9/c1-47(2,3)70-46(67)58-21-19-57(20-22-58)36-16-18-59-41(53-36)32(27-51-59)43(64)52-33-28-60(55-38(33)40(48)49)31-12-10-30(11-13-31)42(63)50-17-24-69-26-25-68-23-6-8-29-7-5-9-34-39(29)56(4)45(66)61(34)35-14-15-37(62)54-44(35)65/h5,7,9-13,16,18,27-28,35,40H,6,8,14-15,17,19-26H2,1-4H3,(H,50,63)(H,52,64)(H,54,62,65). The smallest absolute Gasteiger partial charge is 0.410 e. The predicted octanol–water partition coefficient (Wildman–Crippen LogP) is 4.19. The zero-order chi connectivity index (χ0) is 49.7. The summed E-state index contributed by atoms with van der Waals surface area (Å²) in [5.41, 5.74) is 1.43. The fourth-order valence-electron chi connectivity index (χ4n) is 8.35. The Balaban J connectivity index is 0.771. The molecule has 23 heteroatoms. The summed E-state index contributed by atoms with van der Waals surface area (Å²) in [6, 6.07) is 12.7. The molecule has 8 rings (SSSR count). The van der Waals surface area contributed by atoms with E-state index in [2.05, 4.69) is 31.1 Å². The minimum atomic E-state index is -3.02. The number of carbonyl (C=O) groups excluding carboxylic acids is 5. The number of imidazole rings is 1. The molecule has 2 saturated heterocycles. The van der Waals surface area contributed by atoms with Gasteiger partial charge in [-0.2, -0.15) is 10.2 Å². The van der Waals surface area contributed by atoms with Crippen LogP contribution >= 0.6 is 0 Å². The second kappa shape index (κ2) is 21.0. The van der Waals surface area contributed by atoms with E-state index in [1.807, 2.05) is 17.0 Å². The zero-order valence-electron chi connectivity index (χ0n) is 39.2. The number of rotatable bonds is 17. The number of fused-ring (bicyclic) bond motifs is 2. The normalized spacial score (nSPS) is 15.5. The first-order valence-corrected chi connectivity index (χ1v) is 22.9. The molecule has 370 valence electrons. The molecule has 6 heterocycles. The van der Waals surface area contributed by atoms with Crippen molar-refractivity contribution in [3.8, 4) is 5.69 Å². The first-order valence-electron chi connectivity index (χ1n) is 22.9. The van der Waals surface area contributed by atoms with Crippen LogP contribution in [-0.4, -0.2) is 133 Å². The highest BCUT2D eigenvalue weighted by Crippen LogP contribution is 2.29. The van der Waals surface area contributed by atoms with Gasteiger partial charge in [-0.3, -0.25) is 33.6 Å². The van der Waals surface area contributed by atoms with Gasteiger partial charge in [0.05, 0.1) is 54.6 Å². The van der Waals surface area contributed by atoms with Crippen LogP contribution in [0.2, 0.25) is 0 Å². The Morgan fingerprint density at radius 1 is 0.929 bits per heavy atom. The third-order valence-corrected chi connectivity index (χ3v) is 11.8. The van der Waals surface area contributed by atoms with Crippen LogP contribution < -0.4 is 26.5 Å². The third kappa shape index (κ3) is 11.0. The van der Waals surface area contributed by atoms with E-state index in [-0.39, 0.29) is 60.4 Å². The van der Waals surface area contributed by atoms with E-state index in [9.17, 15) is 37.5 Å². The lowest BCUT2D eigenvalue weighted by Crippen LogP contribution is -2.50. The molecule has 5 amide bonds. The molecule has 6 aromatic rings. The number of ether oxygens (including phenoxy) is 3. The van der Waals surface area contributed by atoms with E-state index < -0.39 is 41.7 Å². The maximum atomic E-state index is 14.3. The summed E-state index contributed by atoms with van der Waals surface area (Å²) >= 11 is 0. The molecule has 21 nitrogen and oxygen atoms in total. The number of nitrogens with one attached hydrogen (secondary N) is 3. The summed E-state index contributed by atoms with van der Waals surface area (Å²) in [7, 11) is 1.67. The summed E-state index contributed by atoms with van der Waals surface area (Å²) in [6.07, 6.45) is 2.51. The number of hydrogen-bond donors (Lipinski definition) is 3. The number of anilines is 2. The lowest BCUT2D eigenvalue weighted by Gasteiger charge is -2.36. The van der Waals surface area contributed by atoms with Gasteiger partial charge in [-0.1, -0.05) is 12.1 Å². The summed E-state index contributed by atoms with van der Waals surface area (Å²) in [5.74, 6) is -1.37. The number of aryl methyl sites for hydroxylation is 2. The Morgan fingerprint density at radius 3 is 2.39 bits per heavy atom. The molecule has 0 bridgehead atoms. The van der Waals surface area contributed by atoms with Crippen molar-refractivity contribution in [2.24, 2.45) is 7.05 Å². The Morgan fingerprint density at radius 2 is 1.67 bits per heavy atom. The Kier molecular flexibility index (Phi) is 14.7. The molecule has 2 aromatic carbocycles. The van der Waals surface area contributed by atoms with E-state index >= 15 is 0 Å². The molecule has 0 radical (unpaired) electrons. The van der Waals surface area contributed by atoms with Crippen LogP contribution in [0.1, 0.15) is 84.5 Å². The topological polar surface area (TPSA) is 231 Å². The molecule has 1 unspecified atom stereocenters. The van der Waals surface area contributed by atoms with Gasteiger partial charge >= 0.3 is 11.8 Å². The average molecular weight is 969 g/mol. The summed E-state index contributed by atoms with van der Waals surface area (Å²) < 4.78 is 50.9. The number of piperazine rings is 1. The van der Waals surface area contributed by atoms with Gasteiger partial charge in [-0.15, -0.1) is 0 Å². The SMILES string of the molecule is Cn1c(=O)n(C2CCC(=O)NC2=O)c2cccc(CCCOCCOCCNC(=O)c3ccc(-n4cc(NC(=O)c5cnn6ccc(N7CCN(C(=O)OC(C)(C)C)CC7)nc56)c(C(F)F)n4)cc3)c21. The lowest BCUT2D eigenvalue weighted by molar-refractivity contribution is -0.135. The van der Waals surface area contributed by atoms with Gasteiger partial charge in [-0.25, -0.2) is 32.6 Å². The van der Waals surface area contributed by atoms with E-state index in [1.165, 1.54) is 42.9 Å². The minimum absolute atomic E-state index is 0.0490. The molecule has 4 aromatic heterocycles. The highest BCUT2D eigenvalue weighted by Gasteiger charge is 2.32. The number of nitrogens with zero attached hydrogens (tertiary/aromatic N) is 9. The van der Waals surface area contributed by atoms with Gasteiger partial charge in [0, 0.05) is 64.6 Å². The summed E-state index contributed by atoms with van der Waals surface area (Å²) in [6.45, 7) is 8.69. The molecular formula is C47H54F2N12O9. The predicted molar refractivity (Wildman–Crippen MR) is 250 cm³/mol. The van der Waals surface area contributed by atoms with Crippen LogP contribution in [0.15, 0.2) is 71.9 Å². The van der Waals surface area contributed by atoms with Gasteiger partial charge in [0.1, 0.15) is 23.0 Å². The number of benzene rings is 2. The van der Waals surface area contributed by atoms with Crippen LogP contribution in [-0.2, 0) is 37.3 Å². The molecule has 0 aliphatic carbocycles. The molecule has 2 aliphatic heterocycles. The van der Waals surface area contributed by atoms with Gasteiger partial charge in [0.25, 0.3) is 18.2 Å². The fourth-order valence-corrected chi connectivity index (χ4v) is 8.35. The van der Waals surface area contributed by atoms with Crippen LogP contribution in [0.4, 0.5) is 25.1 Å². The Hall–Kier alpha value is -7.53. The van der Waals surface area contributed by atoms with Crippen LogP contribution in [0.3, 0.4) is 0 Å². The van der Waals surface area contributed by atoms with Crippen molar-refractivity contribution in [3.63, 3.8) is 0 Å². The van der Waals surface area contributed by atoms with Crippen molar-refractivity contribution in [1.82, 2.24) is 49.0 Å². The lowest BCUT2D eigenvalue weighted by atomic mass is 10.0. The second-order valence-electron chi connectivity index (χ2n) is 17.8. The van der Waals surface area contributed by atoms with Gasteiger partial charge in [0.2, 0.25) is 11.8 Å². The van der Waals surface area contributed by atoms with Gasteiger partial charge in [0.15, 0.2) is 11.3 Å². The molecule has 2 fully saturated rings. The fraction of sp³-hybridized carbons (Fsp3) is 0.426. The molecule has 0 saturated carbocycles. The summed E-state index contributed by atoms with van der Waals surface area (Å²) in [4.78, 5) is 84.6. The monoisotopic (exact) mass is 968 g/mol. The Labute approximate surface area is 399 Å². The number of piperidine rings is 1. The number of carbonyl (C=O) groups is 5. The quantitative estimate of drug-likeness (QED) is 0.0862. The van der Waals surface area contributed by atoms with Crippen LogP contribution in [0.5, 0.6) is 0 Å². The number of para-hydroxylation sites is 1. The average Bonchev–Trinajstić information content (AvgIpc) is 4.03. The van der Waals surface area contributed by atoms with E-state index in [1.54, 1.807) is 63.2 Å². The minimum Gasteiger partial charge on any atom is -0.444 e. The van der Waals surface area contributed by atoms with Crippen LogP contribution in [0, 0.1) is 0 Å². The van der Waals surface area contributed by atoms with Crippen molar-refractivity contribution < 1.29 is 47.0 Å². The van der Waals surface area contributed by atoms with Crippen molar-refractivity contribution in [3.05, 3.63) is 100.0 Å². The first-order chi connectivity index (χ1) is 33.6. The van der Waals surface area contributed by atoms with Crippen molar-refractivity contribution in [1.29, 1.82) is 0 Å². The van der Waals surface area contributed by atoms with Crippen LogP contribution in [0.25, 0.3) is 22.4 Å². The maximum absolute atomic E-state index is 14.3. The first kappa shape index (κ1) is 48.9. The molecule has 2 aliphatic rings. The molecular weight excluding hydrogens is 915 g/mol. The van der Waals surface area contributed by atoms with E-state index in [0.717, 1.165) is 11.1 Å². The zero-order valence-corrected chi connectivity index (χ0v) is 39.2. The second-order valence-corrected chi connectivity index (χ2v) is 17.8. The summed E-state index contributed by atoms with van der Waals surface area (Å²) in [5, 5.41) is 15.9. The molecule has 1 atom stereocenters. The molecule has 3 N–H and O–H groups in total. The van der Waals surface area contributed by atoms with Crippen molar-refractivity contribution in [2.75, 3.05) is 69.4 Å². The number of alkyl halides is 2. The number of aromatic nitrogens is 7. The van der Waals surface area contributed by atoms with E-state index in [4.69, 9.17) is 14.2 Å². The van der Waals surface area contributed by atoms with E-state index in [0.29, 0.717) is 81.4 Å². The van der Waals surface area contributed by atoms with Crippen molar-refractivity contribution in [2.45, 2.75) is 64.5 Å². The molecule has 0 spiro atoms. The van der Waals surface area contributed by atoms with Gasteiger partial charge < -0.3 is 34.6 Å².